The molecule has 0 spiro atoms. The quantitative estimate of drug-likeness (QED) is 0.232. The first-order valence-corrected chi connectivity index (χ1v) is 11.8. The molecule has 0 aliphatic rings. The molecule has 37 heavy (non-hydrogen) atoms. The van der Waals surface area contributed by atoms with Gasteiger partial charge in [0, 0.05) is 5.56 Å². The Morgan fingerprint density at radius 3 is 2.43 bits per heavy atom. The summed E-state index contributed by atoms with van der Waals surface area (Å²) in [6.07, 6.45) is 1.54. The number of carbonyl (C=O) groups excluding carboxylic acids is 1. The van der Waals surface area contributed by atoms with Gasteiger partial charge in [0.2, 0.25) is 0 Å². The van der Waals surface area contributed by atoms with Crippen molar-refractivity contribution in [2.24, 2.45) is 5.10 Å². The Balaban J connectivity index is 1.49. The number of hydrogen-bond acceptors (Lipinski definition) is 5. The Bertz CT molecular complexity index is 1600. The number of nitrogens with zero attached hydrogens (tertiary/aromatic N) is 3. The van der Waals surface area contributed by atoms with E-state index in [1.165, 1.54) is 0 Å². The molecular weight excluding hydrogens is 464 g/mol. The summed E-state index contributed by atoms with van der Waals surface area (Å²) in [6.45, 7) is 2.04. The third-order valence-corrected chi connectivity index (χ3v) is 6.07. The standard InChI is InChI=1S/C30H26N4O3/c1-20-11-14-23(15-12-20)34-27(25-10-6-8-22-7-4-5-9-24(22)25)18-26(33-34)30(35)32-31-19-21-13-16-28(36-2)29(17-21)37-3/h4-19H,1-3H3,(H,32,35)/b31-19-. The summed E-state index contributed by atoms with van der Waals surface area (Å²) >= 11 is 0. The SMILES string of the molecule is COc1ccc(/C=N\NC(=O)c2cc(-c3cccc4ccccc34)n(-c3ccc(C)cc3)n2)cc1OC. The Morgan fingerprint density at radius 2 is 1.65 bits per heavy atom. The summed E-state index contributed by atoms with van der Waals surface area (Å²) in [5.74, 6) is 0.782. The minimum absolute atomic E-state index is 0.257. The normalized spacial score (nSPS) is 11.1. The lowest BCUT2D eigenvalue weighted by atomic mass is 10.0. The number of amides is 1. The number of aryl methyl sites for hydroxylation is 1. The van der Waals surface area contributed by atoms with Crippen LogP contribution in [0.25, 0.3) is 27.7 Å². The molecule has 0 aliphatic carbocycles. The Hall–Kier alpha value is -4.91. The summed E-state index contributed by atoms with van der Waals surface area (Å²) in [7, 11) is 3.15. The van der Waals surface area contributed by atoms with E-state index in [9.17, 15) is 4.79 Å². The predicted molar refractivity (Wildman–Crippen MR) is 146 cm³/mol. The van der Waals surface area contributed by atoms with Crippen LogP contribution in [0.1, 0.15) is 21.6 Å². The van der Waals surface area contributed by atoms with Crippen LogP contribution in [0.4, 0.5) is 0 Å². The fourth-order valence-corrected chi connectivity index (χ4v) is 4.17. The van der Waals surface area contributed by atoms with E-state index in [0.29, 0.717) is 11.5 Å². The van der Waals surface area contributed by atoms with Crippen LogP contribution in [0.15, 0.2) is 96.1 Å². The second kappa shape index (κ2) is 10.4. The van der Waals surface area contributed by atoms with Gasteiger partial charge in [-0.25, -0.2) is 10.1 Å². The molecular formula is C30H26N4O3. The van der Waals surface area contributed by atoms with E-state index in [1.807, 2.05) is 61.5 Å². The summed E-state index contributed by atoms with van der Waals surface area (Å²) in [4.78, 5) is 13.1. The van der Waals surface area contributed by atoms with Crippen LogP contribution < -0.4 is 14.9 Å². The third kappa shape index (κ3) is 4.92. The Labute approximate surface area is 215 Å². The molecule has 0 unspecified atom stereocenters. The van der Waals surface area contributed by atoms with Gasteiger partial charge >= 0.3 is 0 Å². The minimum atomic E-state index is -0.413. The molecule has 0 radical (unpaired) electrons. The van der Waals surface area contributed by atoms with Gasteiger partial charge in [0.1, 0.15) is 0 Å². The molecule has 7 nitrogen and oxygen atoms in total. The Kier molecular flexibility index (Phi) is 6.68. The van der Waals surface area contributed by atoms with Crippen molar-refractivity contribution < 1.29 is 14.3 Å². The lowest BCUT2D eigenvalue weighted by Crippen LogP contribution is -2.18. The smallest absolute Gasteiger partial charge is 0.291 e. The van der Waals surface area contributed by atoms with Crippen molar-refractivity contribution in [3.05, 3.63) is 108 Å². The average molecular weight is 491 g/mol. The zero-order chi connectivity index (χ0) is 25.8. The van der Waals surface area contributed by atoms with Crippen molar-refractivity contribution in [1.82, 2.24) is 15.2 Å². The molecule has 4 aromatic carbocycles. The maximum Gasteiger partial charge on any atom is 0.291 e. The number of aromatic nitrogens is 2. The summed E-state index contributed by atoms with van der Waals surface area (Å²) in [5, 5.41) is 11.0. The number of ether oxygens (including phenoxy) is 2. The minimum Gasteiger partial charge on any atom is -0.493 e. The second-order valence-electron chi connectivity index (χ2n) is 8.50. The van der Waals surface area contributed by atoms with Gasteiger partial charge in [-0.1, -0.05) is 60.2 Å². The largest absolute Gasteiger partial charge is 0.493 e. The van der Waals surface area contributed by atoms with Crippen LogP contribution in [0.3, 0.4) is 0 Å². The molecule has 1 aromatic heterocycles. The molecule has 0 fully saturated rings. The Morgan fingerprint density at radius 1 is 0.892 bits per heavy atom. The zero-order valence-corrected chi connectivity index (χ0v) is 20.8. The molecule has 0 bridgehead atoms. The van der Waals surface area contributed by atoms with Crippen LogP contribution in [0.2, 0.25) is 0 Å². The zero-order valence-electron chi connectivity index (χ0n) is 20.8. The molecule has 0 saturated heterocycles. The molecule has 1 heterocycles. The van der Waals surface area contributed by atoms with Crippen LogP contribution >= 0.6 is 0 Å². The van der Waals surface area contributed by atoms with Crippen molar-refractivity contribution in [2.75, 3.05) is 14.2 Å². The van der Waals surface area contributed by atoms with Gasteiger partial charge in [-0.2, -0.15) is 10.2 Å². The van der Waals surface area contributed by atoms with Crippen LogP contribution in [0, 0.1) is 6.92 Å². The molecule has 0 aliphatic heterocycles. The van der Waals surface area contributed by atoms with Gasteiger partial charge in [-0.3, -0.25) is 4.79 Å². The number of nitrogens with one attached hydrogen (secondary N) is 1. The fraction of sp³-hybridized carbons (Fsp3) is 0.100. The highest BCUT2D eigenvalue weighted by Crippen LogP contribution is 2.31. The van der Waals surface area contributed by atoms with Gasteiger partial charge in [0.25, 0.3) is 5.91 Å². The van der Waals surface area contributed by atoms with E-state index in [1.54, 1.807) is 43.3 Å². The van der Waals surface area contributed by atoms with Crippen LogP contribution in [-0.4, -0.2) is 36.1 Å². The van der Waals surface area contributed by atoms with E-state index in [2.05, 4.69) is 33.8 Å². The van der Waals surface area contributed by atoms with Crippen molar-refractivity contribution in [1.29, 1.82) is 0 Å². The van der Waals surface area contributed by atoms with Gasteiger partial charge in [0.05, 0.1) is 31.8 Å². The molecule has 0 saturated carbocycles. The summed E-state index contributed by atoms with van der Waals surface area (Å²) in [5.41, 5.74) is 7.40. The third-order valence-electron chi connectivity index (χ3n) is 6.07. The number of hydrogen-bond donors (Lipinski definition) is 1. The fourth-order valence-electron chi connectivity index (χ4n) is 4.17. The number of fused-ring (bicyclic) bond motifs is 1. The first-order chi connectivity index (χ1) is 18.1. The molecule has 0 atom stereocenters. The van der Waals surface area contributed by atoms with Crippen molar-refractivity contribution in [3.63, 3.8) is 0 Å². The molecule has 7 heteroatoms. The summed E-state index contributed by atoms with van der Waals surface area (Å²) in [6, 6.07) is 29.5. The predicted octanol–water partition coefficient (Wildman–Crippen LogP) is 5.78. The van der Waals surface area contributed by atoms with Crippen molar-refractivity contribution >= 4 is 22.9 Å². The van der Waals surface area contributed by atoms with E-state index < -0.39 is 5.91 Å². The van der Waals surface area contributed by atoms with E-state index in [-0.39, 0.29) is 5.69 Å². The van der Waals surface area contributed by atoms with Crippen molar-refractivity contribution in [3.8, 4) is 28.4 Å². The van der Waals surface area contributed by atoms with E-state index in [4.69, 9.17) is 9.47 Å². The molecule has 5 aromatic rings. The second-order valence-corrected chi connectivity index (χ2v) is 8.50. The number of carbonyl (C=O) groups is 1. The molecule has 184 valence electrons. The number of hydrazone groups is 1. The van der Waals surface area contributed by atoms with E-state index >= 15 is 0 Å². The topological polar surface area (TPSA) is 77.7 Å². The van der Waals surface area contributed by atoms with Gasteiger partial charge in [-0.15, -0.1) is 0 Å². The van der Waals surface area contributed by atoms with Crippen LogP contribution in [0.5, 0.6) is 11.5 Å². The van der Waals surface area contributed by atoms with Crippen molar-refractivity contribution in [2.45, 2.75) is 6.92 Å². The highest BCUT2D eigenvalue weighted by atomic mass is 16.5. The molecule has 1 amide bonds. The van der Waals surface area contributed by atoms with Gasteiger partial charge < -0.3 is 9.47 Å². The van der Waals surface area contributed by atoms with Crippen LogP contribution in [-0.2, 0) is 0 Å². The number of benzene rings is 4. The maximum absolute atomic E-state index is 13.1. The highest BCUT2D eigenvalue weighted by Gasteiger charge is 2.18. The average Bonchev–Trinajstić information content (AvgIpc) is 3.38. The van der Waals surface area contributed by atoms with Gasteiger partial charge in [0.15, 0.2) is 17.2 Å². The first kappa shape index (κ1) is 23.8. The highest BCUT2D eigenvalue weighted by molar-refractivity contribution is 5.99. The molecule has 5 rings (SSSR count). The maximum atomic E-state index is 13.1. The monoisotopic (exact) mass is 490 g/mol. The van der Waals surface area contributed by atoms with Gasteiger partial charge in [-0.05, 0) is 59.7 Å². The number of rotatable bonds is 7. The first-order valence-electron chi connectivity index (χ1n) is 11.8. The molecule has 1 N–H and O–H groups in total. The lowest BCUT2D eigenvalue weighted by molar-refractivity contribution is 0.0949. The summed E-state index contributed by atoms with van der Waals surface area (Å²) < 4.78 is 12.4. The number of methoxy groups -OCH3 is 2. The lowest BCUT2D eigenvalue weighted by Gasteiger charge is -2.10. The van der Waals surface area contributed by atoms with E-state index in [0.717, 1.165) is 38.8 Å².